The summed E-state index contributed by atoms with van der Waals surface area (Å²) in [5, 5.41) is 6.24. The number of hydrogen-bond donors (Lipinski definition) is 2. The van der Waals surface area contributed by atoms with Crippen LogP contribution in [0.25, 0.3) is 27.7 Å². The van der Waals surface area contributed by atoms with Gasteiger partial charge in [-0.05, 0) is 66.3 Å². The van der Waals surface area contributed by atoms with E-state index in [1.807, 2.05) is 33.5 Å². The number of carbonyl (C=O) groups is 1. The maximum atomic E-state index is 15.9. The molecule has 11 heteroatoms. The Labute approximate surface area is 270 Å². The van der Waals surface area contributed by atoms with E-state index in [1.165, 1.54) is 11.6 Å². The van der Waals surface area contributed by atoms with Crippen LogP contribution in [0, 0.1) is 5.82 Å². The monoisotopic (exact) mass is 634 g/mol. The van der Waals surface area contributed by atoms with Gasteiger partial charge in [0.25, 0.3) is 5.91 Å². The van der Waals surface area contributed by atoms with Gasteiger partial charge in [-0.2, -0.15) is 0 Å². The summed E-state index contributed by atoms with van der Waals surface area (Å²) in [5.74, 6) is -0.308. The summed E-state index contributed by atoms with van der Waals surface area (Å²) >= 11 is 0. The van der Waals surface area contributed by atoms with Gasteiger partial charge >= 0.3 is 0 Å². The van der Waals surface area contributed by atoms with Crippen molar-refractivity contribution in [3.8, 4) is 28.3 Å². The van der Waals surface area contributed by atoms with Crippen LogP contribution in [-0.2, 0) is 17.7 Å². The van der Waals surface area contributed by atoms with Gasteiger partial charge in [-0.25, -0.2) is 9.37 Å². The second-order valence-corrected chi connectivity index (χ2v) is 12.3. The van der Waals surface area contributed by atoms with E-state index in [1.54, 1.807) is 18.7 Å². The summed E-state index contributed by atoms with van der Waals surface area (Å²) in [5.41, 5.74) is 5.29. The van der Waals surface area contributed by atoms with Crippen LogP contribution in [-0.4, -0.2) is 70.9 Å². The second-order valence-electron chi connectivity index (χ2n) is 12.3. The zero-order valence-corrected chi connectivity index (χ0v) is 25.9. The molecule has 4 heterocycles. The molecule has 5 aromatic rings. The van der Waals surface area contributed by atoms with Crippen molar-refractivity contribution in [2.24, 2.45) is 0 Å². The fraction of sp³-hybridized carbons (Fsp3) is 0.306. The molecular weight excluding hydrogens is 599 g/mol. The predicted octanol–water partition coefficient (Wildman–Crippen LogP) is 4.96. The molecule has 1 saturated heterocycles. The Balaban J connectivity index is 1.16. The standard InChI is InChI=1S/C36H35FN6O4/c37-29-19-27-33-35(32(29)39-7-3-10-41-13-15-46-16-14-41)47-31-18-24-17-23-5-1-2-6-25(23)26(24)20-30(31)43(33)21-28(34(27)44)36(45)40-8-4-11-42-12-9-38-22-42/h1-2,5-6,9,12,18-22,39H,3-4,7-8,10-11,13-17H2,(H,40,45). The first-order valence-electron chi connectivity index (χ1n) is 16.2. The fourth-order valence-corrected chi connectivity index (χ4v) is 6.89. The van der Waals surface area contributed by atoms with E-state index in [0.29, 0.717) is 43.0 Å². The lowest BCUT2D eigenvalue weighted by atomic mass is 10.0. The van der Waals surface area contributed by atoms with Crippen molar-refractivity contribution in [2.75, 3.05) is 51.3 Å². The molecule has 3 aromatic carbocycles. The number of rotatable bonds is 10. The third-order valence-electron chi connectivity index (χ3n) is 9.28. The molecule has 240 valence electrons. The summed E-state index contributed by atoms with van der Waals surface area (Å²) in [6.45, 7) is 5.65. The second kappa shape index (κ2) is 12.3. The van der Waals surface area contributed by atoms with E-state index in [-0.39, 0.29) is 22.4 Å². The molecule has 2 N–H and O–H groups in total. The number of aromatic nitrogens is 3. The van der Waals surface area contributed by atoms with Gasteiger partial charge in [0.05, 0.1) is 30.6 Å². The number of pyridine rings is 1. The lowest BCUT2D eigenvalue weighted by molar-refractivity contribution is 0.0378. The highest BCUT2D eigenvalue weighted by Crippen LogP contribution is 2.48. The van der Waals surface area contributed by atoms with Crippen molar-refractivity contribution in [2.45, 2.75) is 25.8 Å². The Kier molecular flexibility index (Phi) is 7.70. The minimum atomic E-state index is -0.600. The molecule has 47 heavy (non-hydrogen) atoms. The summed E-state index contributed by atoms with van der Waals surface area (Å²) in [7, 11) is 0. The van der Waals surface area contributed by atoms with Gasteiger partial charge in [-0.3, -0.25) is 14.5 Å². The molecule has 3 aliphatic rings. The highest BCUT2D eigenvalue weighted by atomic mass is 19.1. The maximum Gasteiger partial charge on any atom is 0.256 e. The summed E-state index contributed by atoms with van der Waals surface area (Å²) in [6.07, 6.45) is 9.07. The first kappa shape index (κ1) is 29.4. The number of amides is 1. The minimum absolute atomic E-state index is 0.0505. The molecule has 0 radical (unpaired) electrons. The summed E-state index contributed by atoms with van der Waals surface area (Å²) in [4.78, 5) is 33.7. The number of benzene rings is 3. The van der Waals surface area contributed by atoms with Crippen molar-refractivity contribution in [3.05, 3.63) is 100 Å². The fourth-order valence-electron chi connectivity index (χ4n) is 6.89. The predicted molar refractivity (Wildman–Crippen MR) is 177 cm³/mol. The van der Waals surface area contributed by atoms with Crippen LogP contribution in [0.15, 0.2) is 72.2 Å². The van der Waals surface area contributed by atoms with Crippen LogP contribution in [0.5, 0.6) is 11.5 Å². The Hall–Kier alpha value is -5.00. The molecule has 0 atom stereocenters. The Morgan fingerprint density at radius 3 is 2.70 bits per heavy atom. The SMILES string of the molecule is O=C(NCCCn1ccnc1)c1cn2c3c(c(NCCCN4CCOCC4)c(F)cc3c1=O)Oc1cc3c(cc1-2)-c1ccccc1C3. The van der Waals surface area contributed by atoms with Gasteiger partial charge in [0.15, 0.2) is 17.3 Å². The van der Waals surface area contributed by atoms with Crippen molar-refractivity contribution in [3.63, 3.8) is 0 Å². The van der Waals surface area contributed by atoms with Gasteiger partial charge in [0.2, 0.25) is 5.43 Å². The molecule has 1 fully saturated rings. The van der Waals surface area contributed by atoms with E-state index >= 15 is 4.39 Å². The van der Waals surface area contributed by atoms with Crippen LogP contribution in [0.1, 0.15) is 34.3 Å². The van der Waals surface area contributed by atoms with E-state index in [0.717, 1.165) is 62.4 Å². The number of nitrogens with zero attached hydrogens (tertiary/aromatic N) is 4. The normalized spacial score (nSPS) is 14.7. The number of imidazole rings is 1. The number of nitrogens with one attached hydrogen (secondary N) is 2. The molecule has 2 aliphatic heterocycles. The summed E-state index contributed by atoms with van der Waals surface area (Å²) < 4.78 is 31.6. The van der Waals surface area contributed by atoms with Crippen molar-refractivity contribution in [1.82, 2.24) is 24.3 Å². The summed E-state index contributed by atoms with van der Waals surface area (Å²) in [6, 6.07) is 13.5. The largest absolute Gasteiger partial charge is 0.451 e. The van der Waals surface area contributed by atoms with Gasteiger partial charge in [0, 0.05) is 51.3 Å². The van der Waals surface area contributed by atoms with Crippen LogP contribution < -0.4 is 20.8 Å². The molecule has 0 bridgehead atoms. The smallest absolute Gasteiger partial charge is 0.256 e. The molecule has 1 amide bonds. The number of halogens is 1. The van der Waals surface area contributed by atoms with Crippen molar-refractivity contribution < 1.29 is 18.7 Å². The Bertz CT molecular complexity index is 2050. The van der Waals surface area contributed by atoms with E-state index in [9.17, 15) is 9.59 Å². The zero-order chi connectivity index (χ0) is 31.9. The number of aryl methyl sites for hydroxylation is 1. The van der Waals surface area contributed by atoms with Gasteiger partial charge < -0.3 is 29.2 Å². The lowest BCUT2D eigenvalue weighted by Crippen LogP contribution is -2.37. The van der Waals surface area contributed by atoms with Crippen LogP contribution in [0.4, 0.5) is 10.1 Å². The van der Waals surface area contributed by atoms with Crippen LogP contribution in [0.2, 0.25) is 0 Å². The number of ether oxygens (including phenoxy) is 2. The van der Waals surface area contributed by atoms with E-state index in [4.69, 9.17) is 9.47 Å². The van der Waals surface area contributed by atoms with E-state index in [2.05, 4.69) is 38.7 Å². The molecule has 2 aromatic heterocycles. The molecule has 0 saturated carbocycles. The zero-order valence-electron chi connectivity index (χ0n) is 25.9. The van der Waals surface area contributed by atoms with Crippen LogP contribution in [0.3, 0.4) is 0 Å². The van der Waals surface area contributed by atoms with E-state index < -0.39 is 17.2 Å². The number of hydrogen-bond acceptors (Lipinski definition) is 7. The Morgan fingerprint density at radius 2 is 1.85 bits per heavy atom. The van der Waals surface area contributed by atoms with Crippen molar-refractivity contribution in [1.29, 1.82) is 0 Å². The van der Waals surface area contributed by atoms with Crippen LogP contribution >= 0.6 is 0 Å². The minimum Gasteiger partial charge on any atom is -0.451 e. The maximum absolute atomic E-state index is 15.9. The number of anilines is 1. The van der Waals surface area contributed by atoms with Gasteiger partial charge in [-0.1, -0.05) is 24.3 Å². The lowest BCUT2D eigenvalue weighted by Gasteiger charge is -2.28. The highest BCUT2D eigenvalue weighted by Gasteiger charge is 2.31. The van der Waals surface area contributed by atoms with Gasteiger partial charge in [0.1, 0.15) is 16.8 Å². The third kappa shape index (κ3) is 5.45. The third-order valence-corrected chi connectivity index (χ3v) is 9.28. The quantitative estimate of drug-likeness (QED) is 0.205. The number of fused-ring (bicyclic) bond motifs is 5. The molecular formula is C36H35FN6O4. The molecule has 0 unspecified atom stereocenters. The first-order valence-corrected chi connectivity index (χ1v) is 16.2. The average molecular weight is 635 g/mol. The molecule has 10 nitrogen and oxygen atoms in total. The number of morpholine rings is 1. The Morgan fingerprint density at radius 1 is 1.00 bits per heavy atom. The number of carbonyl (C=O) groups excluding carboxylic acids is 1. The van der Waals surface area contributed by atoms with Gasteiger partial charge in [-0.15, -0.1) is 0 Å². The molecule has 0 spiro atoms. The molecule has 8 rings (SSSR count). The van der Waals surface area contributed by atoms with Crippen molar-refractivity contribution >= 4 is 22.5 Å². The topological polar surface area (TPSA) is 103 Å². The average Bonchev–Trinajstić information content (AvgIpc) is 3.74. The molecule has 1 aliphatic carbocycles. The first-order chi connectivity index (χ1) is 23.0. The highest BCUT2D eigenvalue weighted by molar-refractivity contribution is 6.01.